The van der Waals surface area contributed by atoms with E-state index in [9.17, 15) is 13.2 Å². The van der Waals surface area contributed by atoms with Gasteiger partial charge in [0.2, 0.25) is 15.9 Å². The van der Waals surface area contributed by atoms with Crippen LogP contribution in [0.1, 0.15) is 31.2 Å². The number of thioether (sulfide) groups is 1. The fourth-order valence-corrected chi connectivity index (χ4v) is 6.40. The second-order valence-corrected chi connectivity index (χ2v) is 11.2. The molecule has 4 rings (SSSR count). The number of pyridine rings is 1. The van der Waals surface area contributed by atoms with Crippen LogP contribution >= 0.6 is 11.8 Å². The quantitative estimate of drug-likeness (QED) is 0.468. The second kappa shape index (κ2) is 10.8. The number of amides is 1. The topological polar surface area (TPSA) is 88.6 Å². The molecular formula is C25H29N3O4S2. The minimum Gasteiger partial charge on any atom is -0.495 e. The number of aromatic nitrogens is 1. The average Bonchev–Trinajstić information content (AvgIpc) is 3.13. The van der Waals surface area contributed by atoms with Gasteiger partial charge in [-0.15, -0.1) is 0 Å². The first-order valence-corrected chi connectivity index (χ1v) is 13.8. The molecule has 1 saturated heterocycles. The Morgan fingerprint density at radius 1 is 1.09 bits per heavy atom. The van der Waals surface area contributed by atoms with E-state index in [2.05, 4.69) is 10.3 Å². The molecule has 9 heteroatoms. The molecule has 2 aromatic carbocycles. The highest BCUT2D eigenvalue weighted by atomic mass is 32.2. The van der Waals surface area contributed by atoms with E-state index in [0.29, 0.717) is 40.0 Å². The van der Waals surface area contributed by atoms with E-state index in [4.69, 9.17) is 4.74 Å². The third kappa shape index (κ3) is 5.54. The predicted octanol–water partition coefficient (Wildman–Crippen LogP) is 4.85. The van der Waals surface area contributed by atoms with Crippen molar-refractivity contribution in [2.75, 3.05) is 31.3 Å². The van der Waals surface area contributed by atoms with E-state index in [-0.39, 0.29) is 11.7 Å². The number of ether oxygens (including phenoxy) is 1. The van der Waals surface area contributed by atoms with Crippen LogP contribution in [0.4, 0.5) is 5.69 Å². The van der Waals surface area contributed by atoms with Crippen molar-refractivity contribution in [3.63, 3.8) is 0 Å². The van der Waals surface area contributed by atoms with Gasteiger partial charge in [-0.25, -0.2) is 13.4 Å². The van der Waals surface area contributed by atoms with E-state index < -0.39 is 10.0 Å². The molecule has 3 aromatic rings. The maximum absolute atomic E-state index is 13.2. The Balaban J connectivity index is 1.49. The summed E-state index contributed by atoms with van der Waals surface area (Å²) in [5.74, 6) is 0.636. The number of carbonyl (C=O) groups excluding carboxylic acids is 1. The summed E-state index contributed by atoms with van der Waals surface area (Å²) in [7, 11) is -1.96. The van der Waals surface area contributed by atoms with Crippen LogP contribution in [0.5, 0.6) is 5.75 Å². The van der Waals surface area contributed by atoms with Crippen molar-refractivity contribution in [1.29, 1.82) is 0 Å². The molecule has 1 aromatic heterocycles. The van der Waals surface area contributed by atoms with E-state index in [0.717, 1.165) is 36.6 Å². The lowest BCUT2D eigenvalue weighted by Gasteiger charge is -2.20. The molecule has 1 fully saturated rings. The molecule has 0 bridgehead atoms. The maximum Gasteiger partial charge on any atom is 0.243 e. The predicted molar refractivity (Wildman–Crippen MR) is 136 cm³/mol. The lowest BCUT2D eigenvalue weighted by molar-refractivity contribution is -0.113. The van der Waals surface area contributed by atoms with Crippen molar-refractivity contribution < 1.29 is 17.9 Å². The normalized spacial score (nSPS) is 15.1. The van der Waals surface area contributed by atoms with Crippen molar-refractivity contribution in [1.82, 2.24) is 9.29 Å². The highest BCUT2D eigenvalue weighted by molar-refractivity contribution is 7.99. The first kappa shape index (κ1) is 24.5. The number of sulfonamides is 1. The van der Waals surface area contributed by atoms with Gasteiger partial charge in [-0.2, -0.15) is 4.31 Å². The molecule has 0 spiro atoms. The molecule has 0 radical (unpaired) electrons. The van der Waals surface area contributed by atoms with Crippen molar-refractivity contribution in [3.05, 3.63) is 54.1 Å². The summed E-state index contributed by atoms with van der Waals surface area (Å²) in [6.07, 6.45) is 3.95. The van der Waals surface area contributed by atoms with E-state index in [1.807, 2.05) is 25.1 Å². The molecule has 2 heterocycles. The minimum atomic E-state index is -3.52. The van der Waals surface area contributed by atoms with Gasteiger partial charge in [0.15, 0.2) is 0 Å². The summed E-state index contributed by atoms with van der Waals surface area (Å²) in [4.78, 5) is 17.4. The number of nitrogens with one attached hydrogen (secondary N) is 1. The Kier molecular flexibility index (Phi) is 7.75. The molecule has 0 saturated carbocycles. The molecule has 0 aliphatic carbocycles. The van der Waals surface area contributed by atoms with Gasteiger partial charge in [0.25, 0.3) is 0 Å². The van der Waals surface area contributed by atoms with Crippen LogP contribution in [-0.4, -0.2) is 49.6 Å². The van der Waals surface area contributed by atoms with Gasteiger partial charge in [-0.1, -0.05) is 36.7 Å². The molecule has 1 amide bonds. The molecule has 180 valence electrons. The molecule has 34 heavy (non-hydrogen) atoms. The number of aryl methyl sites for hydroxylation is 1. The van der Waals surface area contributed by atoms with Gasteiger partial charge in [-0.3, -0.25) is 4.79 Å². The van der Waals surface area contributed by atoms with Gasteiger partial charge in [0.1, 0.15) is 5.75 Å². The molecule has 1 aliphatic rings. The van der Waals surface area contributed by atoms with Gasteiger partial charge in [0.05, 0.1) is 34.0 Å². The van der Waals surface area contributed by atoms with E-state index in [1.54, 1.807) is 41.7 Å². The van der Waals surface area contributed by atoms with Crippen molar-refractivity contribution in [3.8, 4) is 5.75 Å². The Morgan fingerprint density at radius 3 is 2.56 bits per heavy atom. The first-order valence-electron chi connectivity index (χ1n) is 11.4. The Hall–Kier alpha value is -2.62. The van der Waals surface area contributed by atoms with Crippen LogP contribution < -0.4 is 10.1 Å². The van der Waals surface area contributed by atoms with Crippen molar-refractivity contribution in [2.24, 2.45) is 0 Å². The number of methoxy groups -OCH3 is 1. The van der Waals surface area contributed by atoms with Gasteiger partial charge >= 0.3 is 0 Å². The fourth-order valence-electron chi connectivity index (χ4n) is 4.08. The zero-order valence-electron chi connectivity index (χ0n) is 19.4. The maximum atomic E-state index is 13.2. The molecule has 1 aliphatic heterocycles. The van der Waals surface area contributed by atoms with Crippen molar-refractivity contribution >= 4 is 44.3 Å². The van der Waals surface area contributed by atoms with Crippen LogP contribution in [0.15, 0.2) is 58.5 Å². The van der Waals surface area contributed by atoms with Crippen LogP contribution in [0.25, 0.3) is 10.9 Å². The van der Waals surface area contributed by atoms with Gasteiger partial charge in [0, 0.05) is 18.5 Å². The SMILES string of the molecule is COc1ccccc1NC(=O)CSc1cc(C)c2cc(S(=O)(=O)N3CCCCCC3)ccc2n1. The zero-order valence-corrected chi connectivity index (χ0v) is 21.0. The third-order valence-corrected chi connectivity index (χ3v) is 8.70. The number of para-hydroxylation sites is 2. The van der Waals surface area contributed by atoms with Crippen LogP contribution in [0.2, 0.25) is 0 Å². The molecule has 1 N–H and O–H groups in total. The first-order chi connectivity index (χ1) is 16.4. The molecule has 7 nitrogen and oxygen atoms in total. The Morgan fingerprint density at radius 2 is 1.82 bits per heavy atom. The van der Waals surface area contributed by atoms with Gasteiger partial charge < -0.3 is 10.1 Å². The Bertz CT molecular complexity index is 1290. The molecular weight excluding hydrogens is 470 g/mol. The lowest BCUT2D eigenvalue weighted by atomic mass is 10.1. The lowest BCUT2D eigenvalue weighted by Crippen LogP contribution is -2.31. The fraction of sp³-hybridized carbons (Fsp3) is 0.360. The number of carbonyl (C=O) groups is 1. The summed E-state index contributed by atoms with van der Waals surface area (Å²) >= 11 is 1.33. The smallest absolute Gasteiger partial charge is 0.243 e. The zero-order chi connectivity index (χ0) is 24.1. The van der Waals surface area contributed by atoms with Crippen LogP contribution in [-0.2, 0) is 14.8 Å². The number of rotatable bonds is 7. The number of nitrogens with zero attached hydrogens (tertiary/aromatic N) is 2. The monoisotopic (exact) mass is 499 g/mol. The summed E-state index contributed by atoms with van der Waals surface area (Å²) in [5.41, 5.74) is 2.25. The van der Waals surface area contributed by atoms with Crippen LogP contribution in [0.3, 0.4) is 0 Å². The van der Waals surface area contributed by atoms with E-state index >= 15 is 0 Å². The summed E-state index contributed by atoms with van der Waals surface area (Å²) in [5, 5.41) is 4.38. The molecule has 0 atom stereocenters. The number of hydrogen-bond donors (Lipinski definition) is 1. The summed E-state index contributed by atoms with van der Waals surface area (Å²) < 4.78 is 33.2. The van der Waals surface area contributed by atoms with Gasteiger partial charge in [-0.05, 0) is 61.7 Å². The standard InChI is InChI=1S/C25H29N3O4S2/c1-18-15-25(33-17-24(29)26-22-9-5-6-10-23(22)32-2)27-21-12-11-19(16-20(18)21)34(30,31)28-13-7-3-4-8-14-28/h5-6,9-12,15-16H,3-4,7-8,13-14,17H2,1-2H3,(H,26,29). The van der Waals surface area contributed by atoms with Crippen LogP contribution in [0, 0.1) is 6.92 Å². The second-order valence-electron chi connectivity index (χ2n) is 8.31. The molecule has 0 unspecified atom stereocenters. The largest absolute Gasteiger partial charge is 0.495 e. The minimum absolute atomic E-state index is 0.159. The highest BCUT2D eigenvalue weighted by Crippen LogP contribution is 2.29. The summed E-state index contributed by atoms with van der Waals surface area (Å²) in [6, 6.07) is 14.3. The summed E-state index contributed by atoms with van der Waals surface area (Å²) in [6.45, 7) is 3.08. The number of hydrogen-bond acceptors (Lipinski definition) is 6. The highest BCUT2D eigenvalue weighted by Gasteiger charge is 2.25. The number of anilines is 1. The Labute approximate surface area is 205 Å². The number of benzene rings is 2. The van der Waals surface area contributed by atoms with E-state index in [1.165, 1.54) is 11.8 Å². The number of fused-ring (bicyclic) bond motifs is 1. The average molecular weight is 500 g/mol. The van der Waals surface area contributed by atoms with Crippen molar-refractivity contribution in [2.45, 2.75) is 42.5 Å². The third-order valence-electron chi connectivity index (χ3n) is 5.90.